The van der Waals surface area contributed by atoms with Gasteiger partial charge in [0.25, 0.3) is 12.3 Å². The molecule has 1 aromatic carbocycles. The number of amides is 1. The Morgan fingerprint density at radius 1 is 1.38 bits per heavy atom. The van der Waals surface area contributed by atoms with Crippen LogP contribution in [0.2, 0.25) is 5.02 Å². The van der Waals surface area contributed by atoms with E-state index in [0.717, 1.165) is 18.4 Å². The van der Waals surface area contributed by atoms with Crippen LogP contribution in [0, 0.1) is 0 Å². The molecular weight excluding hydrogens is 336 g/mol. The van der Waals surface area contributed by atoms with Crippen LogP contribution in [0.5, 0.6) is 0 Å². The van der Waals surface area contributed by atoms with Crippen molar-refractivity contribution in [2.24, 2.45) is 7.05 Å². The van der Waals surface area contributed by atoms with Gasteiger partial charge in [-0.1, -0.05) is 23.7 Å². The highest BCUT2D eigenvalue weighted by Crippen LogP contribution is 2.27. The van der Waals surface area contributed by atoms with E-state index >= 15 is 0 Å². The second-order valence-corrected chi connectivity index (χ2v) is 6.46. The van der Waals surface area contributed by atoms with Crippen LogP contribution in [-0.4, -0.2) is 33.2 Å². The molecule has 1 fully saturated rings. The molecular formula is C17H18ClF2N3O. The lowest BCUT2D eigenvalue weighted by atomic mass is 10.0. The first-order valence-electron chi connectivity index (χ1n) is 7.83. The second kappa shape index (κ2) is 6.89. The van der Waals surface area contributed by atoms with Gasteiger partial charge in [0.15, 0.2) is 0 Å². The zero-order valence-electron chi connectivity index (χ0n) is 13.3. The maximum absolute atomic E-state index is 13.1. The average molecular weight is 354 g/mol. The van der Waals surface area contributed by atoms with Crippen molar-refractivity contribution in [3.05, 3.63) is 52.3 Å². The molecule has 1 unspecified atom stereocenters. The van der Waals surface area contributed by atoms with Crippen molar-refractivity contribution in [2.75, 3.05) is 6.54 Å². The summed E-state index contributed by atoms with van der Waals surface area (Å²) in [5.41, 5.74) is 0.625. The van der Waals surface area contributed by atoms with E-state index in [9.17, 15) is 13.6 Å². The lowest BCUT2D eigenvalue weighted by Gasteiger charge is -2.25. The van der Waals surface area contributed by atoms with E-state index in [1.54, 1.807) is 4.90 Å². The molecule has 1 aliphatic heterocycles. The van der Waals surface area contributed by atoms with Crippen LogP contribution < -0.4 is 0 Å². The summed E-state index contributed by atoms with van der Waals surface area (Å²) in [6.07, 6.45) is 1.03. The maximum Gasteiger partial charge on any atom is 0.282 e. The molecule has 128 valence electrons. The molecule has 2 aromatic rings. The van der Waals surface area contributed by atoms with Gasteiger partial charge >= 0.3 is 0 Å². The van der Waals surface area contributed by atoms with Crippen molar-refractivity contribution in [3.8, 4) is 0 Å². The van der Waals surface area contributed by atoms with Gasteiger partial charge in [-0.05, 0) is 37.0 Å². The number of alkyl halides is 2. The molecule has 1 atom stereocenters. The van der Waals surface area contributed by atoms with Crippen LogP contribution in [0.4, 0.5) is 8.78 Å². The fraction of sp³-hybridized carbons (Fsp3) is 0.412. The number of nitrogens with zero attached hydrogens (tertiary/aromatic N) is 3. The summed E-state index contributed by atoms with van der Waals surface area (Å²) < 4.78 is 27.5. The molecule has 3 rings (SSSR count). The third kappa shape index (κ3) is 3.43. The number of rotatable bonds is 4. The Morgan fingerprint density at radius 3 is 2.75 bits per heavy atom. The fourth-order valence-corrected chi connectivity index (χ4v) is 3.32. The number of aromatic nitrogens is 2. The molecule has 7 heteroatoms. The molecule has 1 aliphatic rings. The van der Waals surface area contributed by atoms with E-state index in [4.69, 9.17) is 11.6 Å². The van der Waals surface area contributed by atoms with Crippen molar-refractivity contribution in [2.45, 2.75) is 31.7 Å². The normalized spacial score (nSPS) is 17.7. The first-order chi connectivity index (χ1) is 11.5. The highest BCUT2D eigenvalue weighted by atomic mass is 35.5. The highest BCUT2D eigenvalue weighted by Gasteiger charge is 2.33. The van der Waals surface area contributed by atoms with Gasteiger partial charge in [0.2, 0.25) is 0 Å². The SMILES string of the molecule is Cn1cc(C(=O)N2CCCC2Cc2ccc(Cl)cc2)c(C(F)F)n1. The molecule has 0 N–H and O–H groups in total. The standard InChI is InChI=1S/C17H18ClF2N3O/c1-22-10-14(15(21-22)16(19)20)17(24)23-8-2-3-13(23)9-11-4-6-12(18)7-5-11/h4-7,10,13,16H,2-3,8-9H2,1H3. The molecule has 1 saturated heterocycles. The topological polar surface area (TPSA) is 38.1 Å². The van der Waals surface area contributed by atoms with Crippen LogP contribution in [-0.2, 0) is 13.5 Å². The minimum Gasteiger partial charge on any atom is -0.335 e. The van der Waals surface area contributed by atoms with Gasteiger partial charge in [-0.2, -0.15) is 5.10 Å². The van der Waals surface area contributed by atoms with Crippen LogP contribution in [0.1, 0.15) is 40.9 Å². The van der Waals surface area contributed by atoms with Crippen LogP contribution in [0.3, 0.4) is 0 Å². The minimum atomic E-state index is -2.76. The van der Waals surface area contributed by atoms with Crippen LogP contribution in [0.25, 0.3) is 0 Å². The van der Waals surface area contributed by atoms with Gasteiger partial charge in [-0.15, -0.1) is 0 Å². The largest absolute Gasteiger partial charge is 0.335 e. The number of hydrogen-bond donors (Lipinski definition) is 0. The molecule has 24 heavy (non-hydrogen) atoms. The van der Waals surface area contributed by atoms with E-state index in [1.165, 1.54) is 17.9 Å². The molecule has 0 radical (unpaired) electrons. The predicted octanol–water partition coefficient (Wildman–Crippen LogP) is 3.86. The van der Waals surface area contributed by atoms with Crippen molar-refractivity contribution < 1.29 is 13.6 Å². The monoisotopic (exact) mass is 353 g/mol. The van der Waals surface area contributed by atoms with Crippen molar-refractivity contribution in [1.82, 2.24) is 14.7 Å². The van der Waals surface area contributed by atoms with Crippen LogP contribution >= 0.6 is 11.6 Å². The van der Waals surface area contributed by atoms with Gasteiger partial charge in [-0.25, -0.2) is 8.78 Å². The first-order valence-corrected chi connectivity index (χ1v) is 8.20. The smallest absolute Gasteiger partial charge is 0.282 e. The highest BCUT2D eigenvalue weighted by molar-refractivity contribution is 6.30. The number of hydrogen-bond acceptors (Lipinski definition) is 2. The molecule has 1 aromatic heterocycles. The number of aryl methyl sites for hydroxylation is 1. The van der Waals surface area contributed by atoms with Gasteiger partial charge < -0.3 is 4.90 Å². The number of benzene rings is 1. The Kier molecular flexibility index (Phi) is 4.85. The molecule has 0 bridgehead atoms. The molecule has 0 saturated carbocycles. The lowest BCUT2D eigenvalue weighted by molar-refractivity contribution is 0.0724. The van der Waals surface area contributed by atoms with Gasteiger partial charge in [0.1, 0.15) is 5.69 Å². The quantitative estimate of drug-likeness (QED) is 0.837. The van der Waals surface area contributed by atoms with Crippen molar-refractivity contribution >= 4 is 17.5 Å². The van der Waals surface area contributed by atoms with Crippen molar-refractivity contribution in [1.29, 1.82) is 0 Å². The average Bonchev–Trinajstić information content (AvgIpc) is 3.15. The fourth-order valence-electron chi connectivity index (χ4n) is 3.19. The lowest BCUT2D eigenvalue weighted by Crippen LogP contribution is -2.37. The van der Waals surface area contributed by atoms with Gasteiger partial charge in [0, 0.05) is 30.9 Å². The third-order valence-electron chi connectivity index (χ3n) is 4.32. The van der Waals surface area contributed by atoms with E-state index in [2.05, 4.69) is 5.10 Å². The van der Waals surface area contributed by atoms with Crippen molar-refractivity contribution in [3.63, 3.8) is 0 Å². The summed E-state index contributed by atoms with van der Waals surface area (Å²) in [7, 11) is 1.54. The summed E-state index contributed by atoms with van der Waals surface area (Å²) >= 11 is 5.89. The summed E-state index contributed by atoms with van der Waals surface area (Å²) in [4.78, 5) is 14.5. The zero-order chi connectivity index (χ0) is 17.3. The third-order valence-corrected chi connectivity index (χ3v) is 4.57. The Morgan fingerprint density at radius 2 is 2.08 bits per heavy atom. The minimum absolute atomic E-state index is 0.00408. The molecule has 1 amide bonds. The first kappa shape index (κ1) is 16.9. The van der Waals surface area contributed by atoms with E-state index in [1.807, 2.05) is 24.3 Å². The predicted molar refractivity (Wildman–Crippen MR) is 87.4 cm³/mol. The molecule has 0 aliphatic carbocycles. The number of halogens is 3. The zero-order valence-corrected chi connectivity index (χ0v) is 14.0. The van der Waals surface area contributed by atoms with Crippen LogP contribution in [0.15, 0.2) is 30.5 Å². The second-order valence-electron chi connectivity index (χ2n) is 6.03. The van der Waals surface area contributed by atoms with Gasteiger partial charge in [0.05, 0.1) is 5.56 Å². The Hall–Kier alpha value is -1.95. The van der Waals surface area contributed by atoms with E-state index < -0.39 is 12.1 Å². The molecule has 4 nitrogen and oxygen atoms in total. The summed E-state index contributed by atoms with van der Waals surface area (Å²) in [5.74, 6) is -0.366. The summed E-state index contributed by atoms with van der Waals surface area (Å²) in [6.45, 7) is 0.578. The van der Waals surface area contributed by atoms with E-state index in [0.29, 0.717) is 18.0 Å². The van der Waals surface area contributed by atoms with E-state index in [-0.39, 0.29) is 17.5 Å². The number of carbonyl (C=O) groups excluding carboxylic acids is 1. The Balaban J connectivity index is 1.80. The molecule has 2 heterocycles. The maximum atomic E-state index is 13.1. The molecule has 0 spiro atoms. The summed E-state index contributed by atoms with van der Waals surface area (Å²) in [6, 6.07) is 7.49. The Labute approximate surface area is 144 Å². The summed E-state index contributed by atoms with van der Waals surface area (Å²) in [5, 5.41) is 4.39. The number of carbonyl (C=O) groups is 1. The van der Waals surface area contributed by atoms with Gasteiger partial charge in [-0.3, -0.25) is 9.48 Å². The number of likely N-dealkylation sites (tertiary alicyclic amines) is 1. The Bertz CT molecular complexity index is 730.